The monoisotopic (exact) mass is 355 g/mol. The summed E-state index contributed by atoms with van der Waals surface area (Å²) >= 11 is 0. The SMILES string of the molecule is COCCCN(CC(=O)N1CCNCC1)S(=O)(=O)c1ccccc1. The smallest absolute Gasteiger partial charge is 0.243 e. The number of benzene rings is 1. The highest BCUT2D eigenvalue weighted by molar-refractivity contribution is 7.89. The van der Waals surface area contributed by atoms with E-state index in [4.69, 9.17) is 4.74 Å². The predicted octanol–water partition coefficient (Wildman–Crippen LogP) is 0.146. The van der Waals surface area contributed by atoms with Crippen molar-refractivity contribution in [2.24, 2.45) is 0 Å². The topological polar surface area (TPSA) is 79.0 Å². The molecule has 1 fully saturated rings. The van der Waals surface area contributed by atoms with Crippen molar-refractivity contribution in [3.05, 3.63) is 30.3 Å². The molecule has 0 aliphatic carbocycles. The Bertz CT molecular complexity index is 615. The van der Waals surface area contributed by atoms with E-state index >= 15 is 0 Å². The van der Waals surface area contributed by atoms with Crippen molar-refractivity contribution in [3.8, 4) is 0 Å². The lowest BCUT2D eigenvalue weighted by Crippen LogP contribution is -2.50. The third-order valence-corrected chi connectivity index (χ3v) is 5.78. The first-order valence-electron chi connectivity index (χ1n) is 8.08. The van der Waals surface area contributed by atoms with Crippen molar-refractivity contribution in [2.75, 3.05) is 53.0 Å². The van der Waals surface area contributed by atoms with Gasteiger partial charge in [-0.1, -0.05) is 18.2 Å². The van der Waals surface area contributed by atoms with Crippen molar-refractivity contribution in [1.82, 2.24) is 14.5 Å². The second kappa shape index (κ2) is 9.12. The van der Waals surface area contributed by atoms with Gasteiger partial charge in [-0.2, -0.15) is 4.31 Å². The van der Waals surface area contributed by atoms with Gasteiger partial charge >= 0.3 is 0 Å². The number of sulfonamides is 1. The predicted molar refractivity (Wildman–Crippen MR) is 91.1 cm³/mol. The first-order chi connectivity index (χ1) is 11.6. The summed E-state index contributed by atoms with van der Waals surface area (Å²) in [4.78, 5) is 14.4. The zero-order valence-electron chi connectivity index (χ0n) is 14.0. The Balaban J connectivity index is 2.12. The van der Waals surface area contributed by atoms with E-state index in [1.807, 2.05) is 0 Å². The number of nitrogens with zero attached hydrogens (tertiary/aromatic N) is 2. The van der Waals surface area contributed by atoms with Gasteiger partial charge in [-0.3, -0.25) is 4.79 Å². The fourth-order valence-corrected chi connectivity index (χ4v) is 4.03. The summed E-state index contributed by atoms with van der Waals surface area (Å²) in [6.07, 6.45) is 0.539. The molecular weight excluding hydrogens is 330 g/mol. The molecule has 134 valence electrons. The average Bonchev–Trinajstić information content (AvgIpc) is 2.62. The van der Waals surface area contributed by atoms with Crippen LogP contribution in [0.4, 0.5) is 0 Å². The highest BCUT2D eigenvalue weighted by Crippen LogP contribution is 2.16. The average molecular weight is 355 g/mol. The molecule has 1 aromatic carbocycles. The molecule has 1 aromatic rings. The molecule has 8 heteroatoms. The number of methoxy groups -OCH3 is 1. The number of hydrogen-bond donors (Lipinski definition) is 1. The molecule has 0 unspecified atom stereocenters. The first kappa shape index (κ1) is 18.9. The summed E-state index contributed by atoms with van der Waals surface area (Å²) in [5, 5.41) is 3.18. The molecule has 0 radical (unpaired) electrons. The second-order valence-electron chi connectivity index (χ2n) is 5.63. The van der Waals surface area contributed by atoms with E-state index < -0.39 is 10.0 Å². The van der Waals surface area contributed by atoms with Gasteiger partial charge in [-0.25, -0.2) is 8.42 Å². The quantitative estimate of drug-likeness (QED) is 0.672. The van der Waals surface area contributed by atoms with Crippen molar-refractivity contribution in [2.45, 2.75) is 11.3 Å². The highest BCUT2D eigenvalue weighted by Gasteiger charge is 2.28. The van der Waals surface area contributed by atoms with Crippen LogP contribution in [-0.4, -0.2) is 76.5 Å². The van der Waals surface area contributed by atoms with Crippen molar-refractivity contribution in [1.29, 1.82) is 0 Å². The van der Waals surface area contributed by atoms with Crippen LogP contribution in [-0.2, 0) is 19.6 Å². The minimum Gasteiger partial charge on any atom is -0.385 e. The summed E-state index contributed by atoms with van der Waals surface area (Å²) in [5.41, 5.74) is 0. The van der Waals surface area contributed by atoms with Crippen molar-refractivity contribution >= 4 is 15.9 Å². The third kappa shape index (κ3) is 5.01. The van der Waals surface area contributed by atoms with Crippen LogP contribution in [0.25, 0.3) is 0 Å². The normalized spacial score (nSPS) is 15.7. The maximum atomic E-state index is 12.8. The van der Waals surface area contributed by atoms with Gasteiger partial charge in [0.15, 0.2) is 0 Å². The molecule has 7 nitrogen and oxygen atoms in total. The molecule has 2 rings (SSSR count). The number of ether oxygens (including phenoxy) is 1. The van der Waals surface area contributed by atoms with Gasteiger partial charge in [0.05, 0.1) is 11.4 Å². The lowest BCUT2D eigenvalue weighted by molar-refractivity contribution is -0.132. The second-order valence-corrected chi connectivity index (χ2v) is 7.57. The lowest BCUT2D eigenvalue weighted by atomic mass is 10.3. The Kier molecular flexibility index (Phi) is 7.16. The molecule has 1 aliphatic heterocycles. The number of amides is 1. The highest BCUT2D eigenvalue weighted by atomic mass is 32.2. The number of nitrogens with one attached hydrogen (secondary N) is 1. The van der Waals surface area contributed by atoms with Gasteiger partial charge in [0, 0.05) is 46.4 Å². The minimum absolute atomic E-state index is 0.138. The standard InChI is InChI=1S/C16H25N3O4S/c1-23-13-5-10-19(14-16(20)18-11-8-17-9-12-18)24(21,22)15-6-3-2-4-7-15/h2-4,6-7,17H,5,8-14H2,1H3. The Labute approximate surface area is 143 Å². The molecule has 0 saturated carbocycles. The molecule has 1 aliphatic rings. The largest absolute Gasteiger partial charge is 0.385 e. The van der Waals surface area contributed by atoms with Gasteiger partial charge in [0.1, 0.15) is 0 Å². The van der Waals surface area contributed by atoms with Crippen LogP contribution in [0.15, 0.2) is 35.2 Å². The summed E-state index contributed by atoms with van der Waals surface area (Å²) in [6.45, 7) is 3.25. The zero-order valence-corrected chi connectivity index (χ0v) is 14.8. The fraction of sp³-hybridized carbons (Fsp3) is 0.562. The van der Waals surface area contributed by atoms with Crippen LogP contribution < -0.4 is 5.32 Å². The molecule has 1 N–H and O–H groups in total. The van der Waals surface area contributed by atoms with Crippen molar-refractivity contribution in [3.63, 3.8) is 0 Å². The van der Waals surface area contributed by atoms with E-state index in [0.29, 0.717) is 26.1 Å². The van der Waals surface area contributed by atoms with Crippen LogP contribution in [0.1, 0.15) is 6.42 Å². The molecule has 0 aromatic heterocycles. The summed E-state index contributed by atoms with van der Waals surface area (Å²) in [5.74, 6) is -0.159. The van der Waals surface area contributed by atoms with Gasteiger partial charge in [-0.15, -0.1) is 0 Å². The maximum absolute atomic E-state index is 12.8. The Hall–Kier alpha value is -1.48. The first-order valence-corrected chi connectivity index (χ1v) is 9.52. The van der Waals surface area contributed by atoms with E-state index in [1.54, 1.807) is 42.3 Å². The maximum Gasteiger partial charge on any atom is 0.243 e. The Morgan fingerprint density at radius 2 is 1.92 bits per heavy atom. The van der Waals surface area contributed by atoms with Crippen LogP contribution in [0, 0.1) is 0 Å². The molecule has 0 atom stereocenters. The molecule has 24 heavy (non-hydrogen) atoms. The number of piperazine rings is 1. The molecular formula is C16H25N3O4S. The molecule has 0 spiro atoms. The fourth-order valence-electron chi connectivity index (χ4n) is 2.58. The zero-order chi connectivity index (χ0) is 17.4. The van der Waals surface area contributed by atoms with E-state index in [1.165, 1.54) is 4.31 Å². The van der Waals surface area contributed by atoms with Crippen LogP contribution >= 0.6 is 0 Å². The van der Waals surface area contributed by atoms with Crippen LogP contribution in [0.5, 0.6) is 0 Å². The Morgan fingerprint density at radius 3 is 2.54 bits per heavy atom. The van der Waals surface area contributed by atoms with E-state index in [2.05, 4.69) is 5.32 Å². The summed E-state index contributed by atoms with van der Waals surface area (Å²) in [6, 6.07) is 8.22. The number of carbonyl (C=O) groups is 1. The number of hydrogen-bond acceptors (Lipinski definition) is 5. The van der Waals surface area contributed by atoms with Crippen LogP contribution in [0.3, 0.4) is 0 Å². The molecule has 0 bridgehead atoms. The van der Waals surface area contributed by atoms with Crippen molar-refractivity contribution < 1.29 is 17.9 Å². The Morgan fingerprint density at radius 1 is 1.25 bits per heavy atom. The van der Waals surface area contributed by atoms with Crippen LogP contribution in [0.2, 0.25) is 0 Å². The summed E-state index contributed by atoms with van der Waals surface area (Å²) in [7, 11) is -2.13. The number of rotatable bonds is 8. The molecule has 1 saturated heterocycles. The van der Waals surface area contributed by atoms with E-state index in [-0.39, 0.29) is 23.9 Å². The molecule has 1 heterocycles. The molecule has 1 amide bonds. The van der Waals surface area contributed by atoms with E-state index in [9.17, 15) is 13.2 Å². The van der Waals surface area contributed by atoms with Gasteiger partial charge < -0.3 is 15.0 Å². The summed E-state index contributed by atoms with van der Waals surface area (Å²) < 4.78 is 32.0. The van der Waals surface area contributed by atoms with Gasteiger partial charge in [0.2, 0.25) is 15.9 Å². The minimum atomic E-state index is -3.70. The lowest BCUT2D eigenvalue weighted by Gasteiger charge is -2.30. The third-order valence-electron chi connectivity index (χ3n) is 3.92. The van der Waals surface area contributed by atoms with Gasteiger partial charge in [-0.05, 0) is 18.6 Å². The van der Waals surface area contributed by atoms with E-state index in [0.717, 1.165) is 13.1 Å². The van der Waals surface area contributed by atoms with Gasteiger partial charge in [0.25, 0.3) is 0 Å². The number of carbonyl (C=O) groups excluding carboxylic acids is 1.